The number of alkyl carbamates (subject to hydrolysis) is 1. The number of carbonyl (C=O) groups is 3. The van der Waals surface area contributed by atoms with E-state index in [0.717, 1.165) is 37.7 Å². The van der Waals surface area contributed by atoms with Gasteiger partial charge in [0.15, 0.2) is 6.29 Å². The number of benzene rings is 1. The van der Waals surface area contributed by atoms with Crippen molar-refractivity contribution in [3.63, 3.8) is 0 Å². The Balaban J connectivity index is 1.54. The molecule has 2 amide bonds. The molecule has 0 aromatic heterocycles. The third kappa shape index (κ3) is 10.7. The van der Waals surface area contributed by atoms with Gasteiger partial charge in [0.25, 0.3) is 0 Å². The molecule has 8 nitrogen and oxygen atoms in total. The van der Waals surface area contributed by atoms with E-state index in [1.54, 1.807) is 0 Å². The number of Topliss-reactive ketones (excluding diaryl/α,β-unsaturated/α-hetero) is 1. The third-order valence-corrected chi connectivity index (χ3v) is 6.85. The zero-order valence-electron chi connectivity index (χ0n) is 22.3. The van der Waals surface area contributed by atoms with Gasteiger partial charge in [-0.05, 0) is 49.5 Å². The molecule has 36 heavy (non-hydrogen) atoms. The van der Waals surface area contributed by atoms with Crippen LogP contribution in [0.15, 0.2) is 30.3 Å². The molecular weight excluding hydrogens is 460 g/mol. The smallest absolute Gasteiger partial charge is 0.407 e. The number of hydrogen-bond donors (Lipinski definition) is 2. The largest absolute Gasteiger partial charge is 0.445 e. The summed E-state index contributed by atoms with van der Waals surface area (Å²) in [6, 6.07) is 9.35. The van der Waals surface area contributed by atoms with Crippen molar-refractivity contribution in [3.05, 3.63) is 35.9 Å². The van der Waals surface area contributed by atoms with E-state index in [4.69, 9.17) is 14.2 Å². The van der Waals surface area contributed by atoms with Gasteiger partial charge in [-0.25, -0.2) is 4.79 Å². The molecule has 0 aliphatic carbocycles. The van der Waals surface area contributed by atoms with Gasteiger partial charge in [0.05, 0.1) is 12.1 Å². The monoisotopic (exact) mass is 504 g/mol. The molecule has 1 aromatic rings. The second kappa shape index (κ2) is 16.3. The number of nitrogens with one attached hydrogen (secondary N) is 2. The van der Waals surface area contributed by atoms with Crippen molar-refractivity contribution in [1.82, 2.24) is 10.6 Å². The highest BCUT2D eigenvalue weighted by atomic mass is 16.7. The number of unbranched alkanes of at least 4 members (excludes halogenated alkanes) is 2. The van der Waals surface area contributed by atoms with E-state index in [1.807, 2.05) is 30.3 Å². The fourth-order valence-corrected chi connectivity index (χ4v) is 4.50. The Bertz CT molecular complexity index is 802. The predicted molar refractivity (Wildman–Crippen MR) is 138 cm³/mol. The van der Waals surface area contributed by atoms with E-state index in [-0.39, 0.29) is 36.4 Å². The highest BCUT2D eigenvalue weighted by molar-refractivity contribution is 5.78. The summed E-state index contributed by atoms with van der Waals surface area (Å²) in [4.78, 5) is 35.6. The molecule has 5 unspecified atom stereocenters. The van der Waals surface area contributed by atoms with E-state index in [1.165, 1.54) is 6.92 Å². The van der Waals surface area contributed by atoms with Crippen LogP contribution in [0, 0.1) is 11.8 Å². The molecule has 1 aliphatic heterocycles. The second-order valence-corrected chi connectivity index (χ2v) is 9.71. The quantitative estimate of drug-likeness (QED) is 0.334. The fraction of sp³-hybridized carbons (Fsp3) is 0.679. The van der Waals surface area contributed by atoms with Gasteiger partial charge in [0.2, 0.25) is 5.91 Å². The van der Waals surface area contributed by atoms with E-state index in [0.29, 0.717) is 31.9 Å². The summed E-state index contributed by atoms with van der Waals surface area (Å²) < 4.78 is 17.3. The predicted octanol–water partition coefficient (Wildman–Crippen LogP) is 4.75. The summed E-state index contributed by atoms with van der Waals surface area (Å²) in [6.07, 6.45) is 4.10. The lowest BCUT2D eigenvalue weighted by molar-refractivity contribution is -0.236. The van der Waals surface area contributed by atoms with Gasteiger partial charge in [-0.3, -0.25) is 9.59 Å². The van der Waals surface area contributed by atoms with Gasteiger partial charge in [-0.15, -0.1) is 0 Å². The SMILES string of the molecule is CCC1OC(OCCCCC(=O)CCCCNC(=O)OCc2ccccc2)C(NC(C)=O)C(C)C1C. The summed E-state index contributed by atoms with van der Waals surface area (Å²) in [5.74, 6) is 0.718. The number of carbonyl (C=O) groups excluding carboxylic acids is 3. The van der Waals surface area contributed by atoms with Gasteiger partial charge in [-0.1, -0.05) is 51.1 Å². The van der Waals surface area contributed by atoms with Gasteiger partial charge < -0.3 is 24.8 Å². The molecule has 1 saturated heterocycles. The Morgan fingerprint density at radius 3 is 2.33 bits per heavy atom. The van der Waals surface area contributed by atoms with Crippen molar-refractivity contribution in [2.75, 3.05) is 13.2 Å². The zero-order chi connectivity index (χ0) is 26.3. The molecule has 5 atom stereocenters. The van der Waals surface area contributed by atoms with Crippen LogP contribution in [-0.2, 0) is 30.4 Å². The molecule has 1 aliphatic rings. The first kappa shape index (κ1) is 29.8. The first-order valence-electron chi connectivity index (χ1n) is 13.3. The van der Waals surface area contributed by atoms with E-state index in [2.05, 4.69) is 31.4 Å². The molecule has 1 aromatic carbocycles. The Labute approximate surface area is 215 Å². The highest BCUT2D eigenvalue weighted by Gasteiger charge is 2.41. The average Bonchev–Trinajstić information content (AvgIpc) is 2.86. The van der Waals surface area contributed by atoms with Gasteiger partial charge in [-0.2, -0.15) is 0 Å². The van der Waals surface area contributed by atoms with Crippen LogP contribution < -0.4 is 10.6 Å². The minimum Gasteiger partial charge on any atom is -0.445 e. The van der Waals surface area contributed by atoms with Gasteiger partial charge in [0, 0.05) is 32.9 Å². The van der Waals surface area contributed by atoms with Crippen molar-refractivity contribution in [2.24, 2.45) is 11.8 Å². The maximum absolute atomic E-state index is 12.2. The fourth-order valence-electron chi connectivity index (χ4n) is 4.50. The summed E-state index contributed by atoms with van der Waals surface area (Å²) in [7, 11) is 0. The van der Waals surface area contributed by atoms with E-state index < -0.39 is 12.4 Å². The van der Waals surface area contributed by atoms with Crippen LogP contribution in [0.5, 0.6) is 0 Å². The number of ketones is 1. The number of amides is 2. The van der Waals surface area contributed by atoms with Crippen molar-refractivity contribution in [2.45, 2.75) is 97.7 Å². The normalized spacial score (nSPS) is 23.6. The van der Waals surface area contributed by atoms with Crippen LogP contribution in [0.1, 0.15) is 78.2 Å². The summed E-state index contributed by atoms with van der Waals surface area (Å²) >= 11 is 0. The summed E-state index contributed by atoms with van der Waals surface area (Å²) in [5.41, 5.74) is 0.941. The lowest BCUT2D eigenvalue weighted by atomic mass is 9.81. The van der Waals surface area contributed by atoms with Crippen LogP contribution in [-0.4, -0.2) is 49.4 Å². The Hall–Kier alpha value is -2.45. The first-order chi connectivity index (χ1) is 17.3. The zero-order valence-corrected chi connectivity index (χ0v) is 22.3. The molecule has 0 radical (unpaired) electrons. The summed E-state index contributed by atoms with van der Waals surface area (Å²) in [5, 5.41) is 5.71. The van der Waals surface area contributed by atoms with Crippen molar-refractivity contribution >= 4 is 17.8 Å². The first-order valence-corrected chi connectivity index (χ1v) is 13.3. The maximum atomic E-state index is 12.2. The molecule has 0 saturated carbocycles. The minimum absolute atomic E-state index is 0.0870. The molecule has 0 bridgehead atoms. The number of rotatable bonds is 15. The molecule has 0 spiro atoms. The molecule has 2 N–H and O–H groups in total. The standard InChI is InChI=1S/C28H44N2O6/c1-5-25-20(2)21(3)26(30-22(4)31)27(36-25)34-18-12-10-16-24(32)15-9-11-17-29-28(33)35-19-23-13-7-6-8-14-23/h6-8,13-14,20-21,25-27H,5,9-12,15-19H2,1-4H3,(H,29,33)(H,30,31). The van der Waals surface area contributed by atoms with Gasteiger partial charge in [0.1, 0.15) is 12.4 Å². The maximum Gasteiger partial charge on any atom is 0.407 e. The van der Waals surface area contributed by atoms with Crippen LogP contribution in [0.25, 0.3) is 0 Å². The van der Waals surface area contributed by atoms with Crippen LogP contribution >= 0.6 is 0 Å². The molecule has 2 rings (SSSR count). The van der Waals surface area contributed by atoms with Gasteiger partial charge >= 0.3 is 6.09 Å². The van der Waals surface area contributed by atoms with Crippen LogP contribution in [0.3, 0.4) is 0 Å². The number of hydrogen-bond acceptors (Lipinski definition) is 6. The minimum atomic E-state index is -0.465. The molecule has 8 heteroatoms. The van der Waals surface area contributed by atoms with Crippen LogP contribution in [0.4, 0.5) is 4.79 Å². The molecule has 202 valence electrons. The topological polar surface area (TPSA) is 103 Å². The van der Waals surface area contributed by atoms with Crippen molar-refractivity contribution < 1.29 is 28.6 Å². The lowest BCUT2D eigenvalue weighted by Gasteiger charge is -2.44. The molecule has 1 fully saturated rings. The number of ether oxygens (including phenoxy) is 3. The Morgan fingerprint density at radius 1 is 0.972 bits per heavy atom. The molecular formula is C28H44N2O6. The van der Waals surface area contributed by atoms with Crippen molar-refractivity contribution in [1.29, 1.82) is 0 Å². The van der Waals surface area contributed by atoms with E-state index in [9.17, 15) is 14.4 Å². The summed E-state index contributed by atoms with van der Waals surface area (Å²) in [6.45, 7) is 9.12. The third-order valence-electron chi connectivity index (χ3n) is 6.85. The second-order valence-electron chi connectivity index (χ2n) is 9.71. The highest BCUT2D eigenvalue weighted by Crippen LogP contribution is 2.33. The van der Waals surface area contributed by atoms with Crippen LogP contribution in [0.2, 0.25) is 0 Å². The lowest BCUT2D eigenvalue weighted by Crippen LogP contribution is -2.57. The Kier molecular flexibility index (Phi) is 13.5. The van der Waals surface area contributed by atoms with Crippen molar-refractivity contribution in [3.8, 4) is 0 Å². The van der Waals surface area contributed by atoms with E-state index >= 15 is 0 Å². The average molecular weight is 505 g/mol. The Morgan fingerprint density at radius 2 is 1.67 bits per heavy atom. The molecule has 1 heterocycles.